The Morgan fingerprint density at radius 3 is 2.62 bits per heavy atom. The number of carbonyl (C=O) groups excluding carboxylic acids is 3. The van der Waals surface area contributed by atoms with Crippen LogP contribution in [0.15, 0.2) is 30.6 Å². The summed E-state index contributed by atoms with van der Waals surface area (Å²) in [5.74, 6) is -2.26. The first-order valence-corrected chi connectivity index (χ1v) is 6.15. The summed E-state index contributed by atoms with van der Waals surface area (Å²) in [4.78, 5) is 37.1. The van der Waals surface area contributed by atoms with Crippen LogP contribution in [0.5, 0.6) is 0 Å². The average Bonchev–Trinajstić information content (AvgIpc) is 2.97. The largest absolute Gasteiger partial charge is 0.292 e. The molecule has 1 aromatic heterocycles. The molecule has 6 nitrogen and oxygen atoms in total. The minimum atomic E-state index is -0.660. The molecule has 0 saturated carbocycles. The standard InChI is InChI=1S/C14H10FN3O3/c1-17-6-8(5-16-17)12(19)7-18-13(20)10-3-2-9(15)4-11(10)14(18)21/h2-6H,7H2,1H3. The molecule has 0 spiro atoms. The lowest BCUT2D eigenvalue weighted by Crippen LogP contribution is -2.34. The zero-order chi connectivity index (χ0) is 15.1. The Balaban J connectivity index is 1.87. The Morgan fingerprint density at radius 2 is 1.95 bits per heavy atom. The van der Waals surface area contributed by atoms with Crippen molar-refractivity contribution in [3.63, 3.8) is 0 Å². The lowest BCUT2D eigenvalue weighted by molar-refractivity contribution is 0.0624. The monoisotopic (exact) mass is 287 g/mol. The number of fused-ring (bicyclic) bond motifs is 1. The van der Waals surface area contributed by atoms with Crippen molar-refractivity contribution in [1.82, 2.24) is 14.7 Å². The summed E-state index contributed by atoms with van der Waals surface area (Å²) >= 11 is 0. The Bertz CT molecular complexity index is 782. The van der Waals surface area contributed by atoms with Gasteiger partial charge in [-0.15, -0.1) is 0 Å². The third kappa shape index (κ3) is 2.12. The number of rotatable bonds is 3. The number of Topliss-reactive ketones (excluding diaryl/α,β-unsaturated/α-hetero) is 1. The molecule has 0 saturated heterocycles. The van der Waals surface area contributed by atoms with E-state index in [-0.39, 0.29) is 17.7 Å². The summed E-state index contributed by atoms with van der Waals surface area (Å²) in [5.41, 5.74) is 0.402. The fourth-order valence-corrected chi connectivity index (χ4v) is 2.21. The fourth-order valence-electron chi connectivity index (χ4n) is 2.21. The van der Waals surface area contributed by atoms with Crippen molar-refractivity contribution in [3.05, 3.63) is 53.1 Å². The van der Waals surface area contributed by atoms with Crippen molar-refractivity contribution in [2.45, 2.75) is 0 Å². The second-order valence-corrected chi connectivity index (χ2v) is 4.71. The van der Waals surface area contributed by atoms with Gasteiger partial charge in [0.2, 0.25) is 0 Å². The van der Waals surface area contributed by atoms with Crippen molar-refractivity contribution in [2.24, 2.45) is 7.05 Å². The van der Waals surface area contributed by atoms with Crippen LogP contribution in [0, 0.1) is 5.82 Å². The molecular weight excluding hydrogens is 277 g/mol. The van der Waals surface area contributed by atoms with Gasteiger partial charge >= 0.3 is 0 Å². The van der Waals surface area contributed by atoms with Crippen LogP contribution in [0.4, 0.5) is 4.39 Å². The fraction of sp³-hybridized carbons (Fsp3) is 0.143. The highest BCUT2D eigenvalue weighted by atomic mass is 19.1. The summed E-state index contributed by atoms with van der Waals surface area (Å²) < 4.78 is 14.6. The van der Waals surface area contributed by atoms with Gasteiger partial charge in [0.1, 0.15) is 5.82 Å². The summed E-state index contributed by atoms with van der Waals surface area (Å²) in [7, 11) is 1.65. The molecule has 0 unspecified atom stereocenters. The number of carbonyl (C=O) groups is 3. The molecule has 1 aliphatic heterocycles. The van der Waals surface area contributed by atoms with E-state index in [1.807, 2.05) is 0 Å². The highest BCUT2D eigenvalue weighted by Crippen LogP contribution is 2.23. The van der Waals surface area contributed by atoms with Crippen LogP contribution in [0.2, 0.25) is 0 Å². The summed E-state index contributed by atoms with van der Waals surface area (Å²) in [6.07, 6.45) is 2.86. The number of aryl methyl sites for hydroxylation is 1. The quantitative estimate of drug-likeness (QED) is 0.624. The number of hydrogen-bond acceptors (Lipinski definition) is 4. The van der Waals surface area contributed by atoms with Crippen LogP contribution in [0.3, 0.4) is 0 Å². The van der Waals surface area contributed by atoms with E-state index in [0.717, 1.165) is 17.0 Å². The van der Waals surface area contributed by atoms with Crippen LogP contribution in [-0.2, 0) is 7.05 Å². The molecule has 3 rings (SSSR count). The van der Waals surface area contributed by atoms with Gasteiger partial charge in [-0.2, -0.15) is 5.10 Å². The second-order valence-electron chi connectivity index (χ2n) is 4.71. The van der Waals surface area contributed by atoms with E-state index < -0.39 is 23.4 Å². The van der Waals surface area contributed by atoms with Gasteiger partial charge in [-0.3, -0.25) is 24.0 Å². The molecule has 0 N–H and O–H groups in total. The lowest BCUT2D eigenvalue weighted by atomic mass is 10.1. The predicted molar refractivity (Wildman–Crippen MR) is 69.3 cm³/mol. The second kappa shape index (κ2) is 4.62. The van der Waals surface area contributed by atoms with E-state index >= 15 is 0 Å². The highest BCUT2D eigenvalue weighted by molar-refractivity contribution is 6.23. The van der Waals surface area contributed by atoms with Gasteiger partial charge in [0, 0.05) is 13.2 Å². The smallest absolute Gasteiger partial charge is 0.262 e. The number of halogens is 1. The molecular formula is C14H10FN3O3. The number of nitrogens with zero attached hydrogens (tertiary/aromatic N) is 3. The molecule has 2 aromatic rings. The Kier molecular flexibility index (Phi) is 2.90. The molecule has 106 valence electrons. The highest BCUT2D eigenvalue weighted by Gasteiger charge is 2.37. The number of aromatic nitrogens is 2. The predicted octanol–water partition coefficient (Wildman–Crippen LogP) is 1.04. The number of amides is 2. The van der Waals surface area contributed by atoms with Crippen LogP contribution in [0.25, 0.3) is 0 Å². The van der Waals surface area contributed by atoms with Crippen molar-refractivity contribution in [1.29, 1.82) is 0 Å². The minimum absolute atomic E-state index is 0.0148. The molecule has 1 aromatic carbocycles. The van der Waals surface area contributed by atoms with Crippen LogP contribution < -0.4 is 0 Å². The first kappa shape index (κ1) is 13.2. The average molecular weight is 287 g/mol. The molecule has 0 aliphatic carbocycles. The van der Waals surface area contributed by atoms with E-state index in [9.17, 15) is 18.8 Å². The van der Waals surface area contributed by atoms with Gasteiger partial charge < -0.3 is 0 Å². The summed E-state index contributed by atoms with van der Waals surface area (Å²) in [6, 6.07) is 3.36. The van der Waals surface area contributed by atoms with Gasteiger partial charge in [0.05, 0.1) is 29.4 Å². The van der Waals surface area contributed by atoms with Crippen LogP contribution >= 0.6 is 0 Å². The van der Waals surface area contributed by atoms with Crippen molar-refractivity contribution >= 4 is 17.6 Å². The maximum Gasteiger partial charge on any atom is 0.262 e. The molecule has 0 atom stereocenters. The van der Waals surface area contributed by atoms with Crippen molar-refractivity contribution in [3.8, 4) is 0 Å². The number of imide groups is 1. The van der Waals surface area contributed by atoms with Gasteiger partial charge in [0.15, 0.2) is 5.78 Å². The molecule has 2 amide bonds. The van der Waals surface area contributed by atoms with Gasteiger partial charge in [-0.05, 0) is 18.2 Å². The summed E-state index contributed by atoms with van der Waals surface area (Å²) in [5, 5.41) is 3.86. The van der Waals surface area contributed by atoms with E-state index in [2.05, 4.69) is 5.10 Å². The SMILES string of the molecule is Cn1cc(C(=O)CN2C(=O)c3ccc(F)cc3C2=O)cn1. The van der Waals surface area contributed by atoms with Gasteiger partial charge in [0.25, 0.3) is 11.8 Å². The third-order valence-corrected chi connectivity index (χ3v) is 3.26. The first-order valence-electron chi connectivity index (χ1n) is 6.15. The Morgan fingerprint density at radius 1 is 1.24 bits per heavy atom. The zero-order valence-electron chi connectivity index (χ0n) is 11.0. The Hall–Kier alpha value is -2.83. The maximum atomic E-state index is 13.2. The van der Waals surface area contributed by atoms with Crippen molar-refractivity contribution < 1.29 is 18.8 Å². The zero-order valence-corrected chi connectivity index (χ0v) is 11.0. The molecule has 0 radical (unpaired) electrons. The van der Waals surface area contributed by atoms with E-state index in [4.69, 9.17) is 0 Å². The minimum Gasteiger partial charge on any atom is -0.292 e. The van der Waals surface area contributed by atoms with Crippen LogP contribution in [-0.4, -0.2) is 38.8 Å². The molecule has 0 fully saturated rings. The van der Waals surface area contributed by atoms with E-state index in [1.165, 1.54) is 23.1 Å². The summed E-state index contributed by atoms with van der Waals surface area (Å²) in [6.45, 7) is -0.389. The van der Waals surface area contributed by atoms with Crippen molar-refractivity contribution in [2.75, 3.05) is 6.54 Å². The van der Waals surface area contributed by atoms with Crippen LogP contribution in [0.1, 0.15) is 31.1 Å². The van der Waals surface area contributed by atoms with Gasteiger partial charge in [-0.1, -0.05) is 0 Å². The lowest BCUT2D eigenvalue weighted by Gasteiger charge is -2.11. The topological polar surface area (TPSA) is 72.3 Å². The van der Waals surface area contributed by atoms with Gasteiger partial charge in [-0.25, -0.2) is 4.39 Å². The molecule has 7 heteroatoms. The number of benzene rings is 1. The third-order valence-electron chi connectivity index (χ3n) is 3.26. The molecule has 21 heavy (non-hydrogen) atoms. The first-order chi connectivity index (χ1) is 9.97. The van der Waals surface area contributed by atoms with E-state index in [1.54, 1.807) is 7.05 Å². The molecule has 2 heterocycles. The van der Waals surface area contributed by atoms with E-state index in [0.29, 0.717) is 5.56 Å². The maximum absolute atomic E-state index is 13.2. The molecule has 1 aliphatic rings. The number of ketones is 1. The normalized spacial score (nSPS) is 13.7. The molecule has 0 bridgehead atoms. The number of hydrogen-bond donors (Lipinski definition) is 0. The Labute approximate surface area is 118 Å².